The zero-order chi connectivity index (χ0) is 9.94. The van der Waals surface area contributed by atoms with Crippen LogP contribution in [0.2, 0.25) is 0 Å². The lowest BCUT2D eigenvalue weighted by Crippen LogP contribution is -2.33. The van der Waals surface area contributed by atoms with Crippen molar-refractivity contribution in [2.24, 2.45) is 0 Å². The molecule has 0 bridgehead atoms. The van der Waals surface area contributed by atoms with Crippen LogP contribution in [0.3, 0.4) is 0 Å². The Bertz CT molecular complexity index is 128. The molecular weight excluding hydrogens is 193 g/mol. The molecule has 0 fully saturated rings. The molecule has 0 amide bonds. The molecule has 0 aliphatic heterocycles. The first-order valence-electron chi connectivity index (χ1n) is 2.77. The maximum Gasteiger partial charge on any atom is 0.422 e. The molecule has 12 heavy (non-hydrogen) atoms. The van der Waals surface area contributed by atoms with Crippen molar-refractivity contribution < 1.29 is 30.7 Å². The van der Waals surface area contributed by atoms with Crippen LogP contribution >= 0.6 is 0 Å². The van der Waals surface area contributed by atoms with Crippen molar-refractivity contribution in [3.63, 3.8) is 0 Å². The monoisotopic (exact) mass is 197 g/mol. The second-order valence-corrected chi connectivity index (χ2v) is 2.00. The van der Waals surface area contributed by atoms with E-state index in [1.807, 2.05) is 0 Å². The summed E-state index contributed by atoms with van der Waals surface area (Å²) in [6.07, 6.45) is -16.9. The molecule has 0 aliphatic carbocycles. The first kappa shape index (κ1) is 11.5. The van der Waals surface area contributed by atoms with Crippen LogP contribution in [0.5, 0.6) is 0 Å². The van der Waals surface area contributed by atoms with Gasteiger partial charge in [-0.05, 0) is 0 Å². The molecule has 0 spiro atoms. The van der Waals surface area contributed by atoms with E-state index in [1.165, 1.54) is 0 Å². The van der Waals surface area contributed by atoms with Gasteiger partial charge in [-0.1, -0.05) is 0 Å². The van der Waals surface area contributed by atoms with Gasteiger partial charge in [-0.2, -0.15) is 22.0 Å². The number of halogens is 7. The summed E-state index contributed by atoms with van der Waals surface area (Å²) in [6.45, 7) is 0. The number of alkyl halides is 5. The Morgan fingerprint density at radius 1 is 1.08 bits per heavy atom. The molecule has 73 valence electrons. The minimum Gasteiger partial charge on any atom is -0.244 e. The Hall–Kier alpha value is -0.490. The summed E-state index contributed by atoms with van der Waals surface area (Å²) in [4.78, 5) is 0. The summed E-state index contributed by atoms with van der Waals surface area (Å²) >= 11 is 0. The predicted octanol–water partition coefficient (Wildman–Crippen LogP) is 3.04. The van der Waals surface area contributed by atoms with Crippen LogP contribution in [-0.4, -0.2) is 18.5 Å². The summed E-state index contributed by atoms with van der Waals surface area (Å²) in [5, 5.41) is 0. The molecule has 0 aromatic rings. The molecule has 0 nitrogen and oxygen atoms in total. The topological polar surface area (TPSA) is 0 Å². The van der Waals surface area contributed by atoms with Gasteiger partial charge in [-0.25, -0.2) is 8.78 Å². The Morgan fingerprint density at radius 2 is 1.50 bits per heavy atom. The zero-order valence-electron chi connectivity index (χ0n) is 5.51. The van der Waals surface area contributed by atoms with Gasteiger partial charge in [0.1, 0.15) is 6.17 Å². The predicted molar refractivity (Wildman–Crippen MR) is 25.9 cm³/mol. The summed E-state index contributed by atoms with van der Waals surface area (Å²) in [6, 6.07) is 0. The smallest absolute Gasteiger partial charge is 0.244 e. The van der Waals surface area contributed by atoms with Crippen LogP contribution in [-0.2, 0) is 0 Å². The van der Waals surface area contributed by atoms with Crippen molar-refractivity contribution >= 4 is 0 Å². The molecule has 0 heterocycles. The minimum absolute atomic E-state index is 1.82. The van der Waals surface area contributed by atoms with Gasteiger partial charge in [0, 0.05) is 0 Å². The SMILES string of the molecule is F[C](F)CC(F)C(F)C(F)(F)F. The third-order valence-corrected chi connectivity index (χ3v) is 0.980. The van der Waals surface area contributed by atoms with E-state index in [0.29, 0.717) is 0 Å². The highest BCUT2D eigenvalue weighted by molar-refractivity contribution is 4.80. The molecule has 0 rings (SSSR count). The Balaban J connectivity index is 4.01. The maximum absolute atomic E-state index is 11.9. The zero-order valence-corrected chi connectivity index (χ0v) is 5.51. The second kappa shape index (κ2) is 3.95. The van der Waals surface area contributed by atoms with Gasteiger partial charge in [0.05, 0.1) is 6.42 Å². The highest BCUT2D eigenvalue weighted by Crippen LogP contribution is 2.30. The van der Waals surface area contributed by atoms with E-state index in [0.717, 1.165) is 0 Å². The quantitative estimate of drug-likeness (QED) is 0.610. The third kappa shape index (κ3) is 3.77. The van der Waals surface area contributed by atoms with E-state index < -0.39 is 31.4 Å². The molecule has 2 atom stereocenters. The maximum atomic E-state index is 11.9. The van der Waals surface area contributed by atoms with Crippen LogP contribution in [0.25, 0.3) is 0 Å². The van der Waals surface area contributed by atoms with Crippen LogP contribution in [0.1, 0.15) is 6.42 Å². The highest BCUT2D eigenvalue weighted by Gasteiger charge is 2.46. The average Bonchev–Trinajstić information content (AvgIpc) is 1.82. The Labute approximate surface area is 63.4 Å². The van der Waals surface area contributed by atoms with Crippen molar-refractivity contribution in [1.29, 1.82) is 0 Å². The summed E-state index contributed by atoms with van der Waals surface area (Å²) in [5.74, 6) is 0. The van der Waals surface area contributed by atoms with E-state index in [9.17, 15) is 30.7 Å². The van der Waals surface area contributed by atoms with Gasteiger partial charge in [-0.3, -0.25) is 0 Å². The number of hydrogen-bond donors (Lipinski definition) is 0. The molecule has 7 heteroatoms. The van der Waals surface area contributed by atoms with Crippen LogP contribution in [0.15, 0.2) is 0 Å². The first-order valence-corrected chi connectivity index (χ1v) is 2.77. The van der Waals surface area contributed by atoms with E-state index in [-0.39, 0.29) is 0 Å². The van der Waals surface area contributed by atoms with Gasteiger partial charge >= 0.3 is 12.6 Å². The van der Waals surface area contributed by atoms with Crippen molar-refractivity contribution in [2.45, 2.75) is 24.9 Å². The average molecular weight is 197 g/mol. The summed E-state index contributed by atoms with van der Waals surface area (Å²) < 4.78 is 80.0. The van der Waals surface area contributed by atoms with Gasteiger partial charge in [0.2, 0.25) is 6.17 Å². The molecule has 0 aliphatic rings. The van der Waals surface area contributed by atoms with Crippen LogP contribution < -0.4 is 0 Å². The molecule has 0 N–H and O–H groups in total. The number of hydrogen-bond acceptors (Lipinski definition) is 0. The molecule has 0 aromatic heterocycles. The van der Waals surface area contributed by atoms with Gasteiger partial charge in [0.15, 0.2) is 0 Å². The van der Waals surface area contributed by atoms with Crippen molar-refractivity contribution in [1.82, 2.24) is 0 Å². The van der Waals surface area contributed by atoms with E-state index in [1.54, 1.807) is 0 Å². The van der Waals surface area contributed by atoms with Crippen molar-refractivity contribution in [3.8, 4) is 0 Å². The lowest BCUT2D eigenvalue weighted by Gasteiger charge is -2.15. The normalized spacial score (nSPS) is 18.0. The highest BCUT2D eigenvalue weighted by atomic mass is 19.4. The molecule has 2 unspecified atom stereocenters. The van der Waals surface area contributed by atoms with Gasteiger partial charge < -0.3 is 0 Å². The summed E-state index contributed by atoms with van der Waals surface area (Å²) in [7, 11) is 0. The van der Waals surface area contributed by atoms with Crippen LogP contribution in [0.4, 0.5) is 30.7 Å². The minimum atomic E-state index is -5.42. The van der Waals surface area contributed by atoms with E-state index >= 15 is 0 Å². The molecule has 0 saturated carbocycles. The second-order valence-electron chi connectivity index (χ2n) is 2.00. The largest absolute Gasteiger partial charge is 0.422 e. The van der Waals surface area contributed by atoms with Crippen molar-refractivity contribution in [3.05, 3.63) is 6.43 Å². The third-order valence-electron chi connectivity index (χ3n) is 0.980. The summed E-state index contributed by atoms with van der Waals surface area (Å²) in [5.41, 5.74) is 0. The first-order chi connectivity index (χ1) is 5.25. The molecular formula is C5H4F7. The molecule has 0 aromatic carbocycles. The number of rotatable bonds is 3. The Kier molecular flexibility index (Phi) is 3.79. The fourth-order valence-corrected chi connectivity index (χ4v) is 0.456. The van der Waals surface area contributed by atoms with Gasteiger partial charge in [-0.15, -0.1) is 0 Å². The Morgan fingerprint density at radius 3 is 1.75 bits per heavy atom. The fourth-order valence-electron chi connectivity index (χ4n) is 0.456. The molecule has 1 radical (unpaired) electrons. The van der Waals surface area contributed by atoms with E-state index in [4.69, 9.17) is 0 Å². The standard InChI is InChI=1S/C5H4F7/c6-2(1-3(7)8)4(9)5(10,11)12/h2,4H,1H2. The van der Waals surface area contributed by atoms with E-state index in [2.05, 4.69) is 0 Å². The fraction of sp³-hybridized carbons (Fsp3) is 0.800. The van der Waals surface area contributed by atoms with Crippen LogP contribution in [0, 0.1) is 6.43 Å². The van der Waals surface area contributed by atoms with Crippen molar-refractivity contribution in [2.75, 3.05) is 0 Å². The lowest BCUT2D eigenvalue weighted by atomic mass is 10.2. The lowest BCUT2D eigenvalue weighted by molar-refractivity contribution is -0.197. The van der Waals surface area contributed by atoms with Gasteiger partial charge in [0.25, 0.3) is 0 Å². The molecule has 0 saturated heterocycles.